The molecule has 0 aliphatic carbocycles. The maximum atomic E-state index is 6.05. The standard InChI is InChI=1S/C13H18ClNO/c1-2-4-12-8-15-9-13(16-12)10-5-3-6-11(14)7-10/h3,5-7,12-13,15H,2,4,8-9H2,1H3. The first-order valence-corrected chi connectivity index (χ1v) is 6.29. The summed E-state index contributed by atoms with van der Waals surface area (Å²) in [6.07, 6.45) is 2.75. The fourth-order valence-electron chi connectivity index (χ4n) is 2.10. The minimum atomic E-state index is 0.143. The van der Waals surface area contributed by atoms with Gasteiger partial charge >= 0.3 is 0 Å². The summed E-state index contributed by atoms with van der Waals surface area (Å²) in [4.78, 5) is 0. The van der Waals surface area contributed by atoms with Gasteiger partial charge in [-0.3, -0.25) is 0 Å². The zero-order valence-corrected chi connectivity index (χ0v) is 10.3. The predicted molar refractivity (Wildman–Crippen MR) is 66.8 cm³/mol. The third-order valence-corrected chi connectivity index (χ3v) is 3.12. The first kappa shape index (κ1) is 11.9. The lowest BCUT2D eigenvalue weighted by Gasteiger charge is -2.31. The van der Waals surface area contributed by atoms with E-state index in [2.05, 4.69) is 18.3 Å². The minimum absolute atomic E-state index is 0.143. The Bertz CT molecular complexity index is 340. The van der Waals surface area contributed by atoms with Crippen molar-refractivity contribution >= 4 is 11.6 Å². The Morgan fingerprint density at radius 1 is 1.44 bits per heavy atom. The van der Waals surface area contributed by atoms with E-state index in [4.69, 9.17) is 16.3 Å². The van der Waals surface area contributed by atoms with Gasteiger partial charge in [-0.15, -0.1) is 0 Å². The first-order chi connectivity index (χ1) is 7.79. The van der Waals surface area contributed by atoms with Crippen molar-refractivity contribution in [2.75, 3.05) is 13.1 Å². The molecule has 2 nitrogen and oxygen atoms in total. The van der Waals surface area contributed by atoms with Gasteiger partial charge < -0.3 is 10.1 Å². The van der Waals surface area contributed by atoms with Crippen molar-refractivity contribution in [2.24, 2.45) is 0 Å². The molecule has 2 unspecified atom stereocenters. The van der Waals surface area contributed by atoms with Crippen LogP contribution in [0.2, 0.25) is 5.02 Å². The number of morpholine rings is 1. The Labute approximate surface area is 102 Å². The summed E-state index contributed by atoms with van der Waals surface area (Å²) >= 11 is 5.99. The van der Waals surface area contributed by atoms with Crippen LogP contribution >= 0.6 is 11.6 Å². The minimum Gasteiger partial charge on any atom is -0.368 e. The van der Waals surface area contributed by atoms with Gasteiger partial charge in [-0.1, -0.05) is 37.1 Å². The molecule has 2 rings (SSSR count). The van der Waals surface area contributed by atoms with E-state index < -0.39 is 0 Å². The molecule has 0 saturated carbocycles. The molecule has 0 spiro atoms. The maximum Gasteiger partial charge on any atom is 0.0954 e. The van der Waals surface area contributed by atoms with Crippen LogP contribution in [0.25, 0.3) is 0 Å². The van der Waals surface area contributed by atoms with Crippen molar-refractivity contribution in [3.8, 4) is 0 Å². The van der Waals surface area contributed by atoms with Gasteiger partial charge in [0.1, 0.15) is 0 Å². The van der Waals surface area contributed by atoms with Crippen LogP contribution in [0.15, 0.2) is 24.3 Å². The number of hydrogen-bond acceptors (Lipinski definition) is 2. The molecule has 1 aromatic carbocycles. The van der Waals surface area contributed by atoms with Gasteiger partial charge in [-0.25, -0.2) is 0 Å². The molecule has 0 amide bonds. The van der Waals surface area contributed by atoms with E-state index in [0.29, 0.717) is 6.10 Å². The quantitative estimate of drug-likeness (QED) is 0.875. The van der Waals surface area contributed by atoms with Crippen molar-refractivity contribution in [3.05, 3.63) is 34.9 Å². The normalized spacial score (nSPS) is 25.6. The summed E-state index contributed by atoms with van der Waals surface area (Å²) in [5.74, 6) is 0. The van der Waals surface area contributed by atoms with Crippen LogP contribution in [0.4, 0.5) is 0 Å². The van der Waals surface area contributed by atoms with E-state index in [-0.39, 0.29) is 6.10 Å². The molecule has 16 heavy (non-hydrogen) atoms. The van der Waals surface area contributed by atoms with Crippen molar-refractivity contribution in [1.82, 2.24) is 5.32 Å². The zero-order chi connectivity index (χ0) is 11.4. The molecule has 1 fully saturated rings. The van der Waals surface area contributed by atoms with Crippen LogP contribution in [-0.2, 0) is 4.74 Å². The molecule has 0 aromatic heterocycles. The van der Waals surface area contributed by atoms with Gasteiger partial charge in [0, 0.05) is 18.1 Å². The highest BCUT2D eigenvalue weighted by Gasteiger charge is 2.22. The Morgan fingerprint density at radius 2 is 2.31 bits per heavy atom. The Hall–Kier alpha value is -0.570. The van der Waals surface area contributed by atoms with Gasteiger partial charge in [0.25, 0.3) is 0 Å². The van der Waals surface area contributed by atoms with Crippen molar-refractivity contribution in [3.63, 3.8) is 0 Å². The molecular formula is C13H18ClNO. The number of ether oxygens (including phenoxy) is 1. The second-order valence-corrected chi connectivity index (χ2v) is 4.69. The van der Waals surface area contributed by atoms with E-state index in [1.807, 2.05) is 18.2 Å². The SMILES string of the molecule is CCCC1CNCC(c2cccc(Cl)c2)O1. The Balaban J connectivity index is 2.03. The number of rotatable bonds is 3. The number of hydrogen-bond donors (Lipinski definition) is 1. The predicted octanol–water partition coefficient (Wildman–Crippen LogP) is 3.17. The highest BCUT2D eigenvalue weighted by Crippen LogP contribution is 2.24. The molecule has 1 N–H and O–H groups in total. The van der Waals surface area contributed by atoms with E-state index in [9.17, 15) is 0 Å². The number of halogens is 1. The second kappa shape index (κ2) is 5.67. The van der Waals surface area contributed by atoms with Crippen LogP contribution in [0.5, 0.6) is 0 Å². The molecule has 1 heterocycles. The Kier molecular flexibility index (Phi) is 4.22. The highest BCUT2D eigenvalue weighted by molar-refractivity contribution is 6.30. The largest absolute Gasteiger partial charge is 0.368 e. The maximum absolute atomic E-state index is 6.05. The van der Waals surface area contributed by atoms with Crippen molar-refractivity contribution in [1.29, 1.82) is 0 Å². The molecule has 1 saturated heterocycles. The molecule has 88 valence electrons. The first-order valence-electron chi connectivity index (χ1n) is 5.91. The third kappa shape index (κ3) is 2.97. The molecule has 0 bridgehead atoms. The average molecular weight is 240 g/mol. The summed E-state index contributed by atoms with van der Waals surface area (Å²) < 4.78 is 6.05. The van der Waals surface area contributed by atoms with E-state index >= 15 is 0 Å². The van der Waals surface area contributed by atoms with Gasteiger partial charge in [0.15, 0.2) is 0 Å². The molecule has 3 heteroatoms. The Morgan fingerprint density at radius 3 is 3.06 bits per heavy atom. The molecule has 1 aliphatic heterocycles. The topological polar surface area (TPSA) is 21.3 Å². The molecule has 2 atom stereocenters. The van der Waals surface area contributed by atoms with Crippen LogP contribution in [0.1, 0.15) is 31.4 Å². The molecule has 0 radical (unpaired) electrons. The molecule has 1 aromatic rings. The summed E-state index contributed by atoms with van der Waals surface area (Å²) in [5.41, 5.74) is 1.17. The van der Waals surface area contributed by atoms with Crippen LogP contribution in [0, 0.1) is 0 Å². The number of nitrogens with one attached hydrogen (secondary N) is 1. The van der Waals surface area contributed by atoms with Crippen LogP contribution in [-0.4, -0.2) is 19.2 Å². The number of benzene rings is 1. The van der Waals surface area contributed by atoms with E-state index in [1.54, 1.807) is 0 Å². The van der Waals surface area contributed by atoms with Gasteiger partial charge in [-0.05, 0) is 24.1 Å². The third-order valence-electron chi connectivity index (χ3n) is 2.89. The van der Waals surface area contributed by atoms with Gasteiger partial charge in [0.05, 0.1) is 12.2 Å². The molecule has 1 aliphatic rings. The smallest absolute Gasteiger partial charge is 0.0954 e. The van der Waals surface area contributed by atoms with Crippen LogP contribution < -0.4 is 5.32 Å². The lowest BCUT2D eigenvalue weighted by atomic mass is 10.1. The average Bonchev–Trinajstić information content (AvgIpc) is 2.30. The lowest BCUT2D eigenvalue weighted by Crippen LogP contribution is -2.40. The summed E-state index contributed by atoms with van der Waals surface area (Å²) in [5, 5.41) is 4.20. The second-order valence-electron chi connectivity index (χ2n) is 4.25. The fraction of sp³-hybridized carbons (Fsp3) is 0.538. The van der Waals surface area contributed by atoms with Crippen LogP contribution in [0.3, 0.4) is 0 Å². The fourth-order valence-corrected chi connectivity index (χ4v) is 2.30. The van der Waals surface area contributed by atoms with Gasteiger partial charge in [0.2, 0.25) is 0 Å². The van der Waals surface area contributed by atoms with Crippen molar-refractivity contribution < 1.29 is 4.74 Å². The van der Waals surface area contributed by atoms with E-state index in [1.165, 1.54) is 5.56 Å². The summed E-state index contributed by atoms with van der Waals surface area (Å²) in [7, 11) is 0. The summed E-state index contributed by atoms with van der Waals surface area (Å²) in [6.45, 7) is 4.03. The van der Waals surface area contributed by atoms with Crippen molar-refractivity contribution in [2.45, 2.75) is 32.0 Å². The zero-order valence-electron chi connectivity index (χ0n) is 9.58. The van der Waals surface area contributed by atoms with E-state index in [0.717, 1.165) is 31.0 Å². The molecular weight excluding hydrogens is 222 g/mol. The monoisotopic (exact) mass is 239 g/mol. The lowest BCUT2D eigenvalue weighted by molar-refractivity contribution is -0.0424. The van der Waals surface area contributed by atoms with Gasteiger partial charge in [-0.2, -0.15) is 0 Å². The summed E-state index contributed by atoms with van der Waals surface area (Å²) in [6, 6.07) is 7.93. The highest BCUT2D eigenvalue weighted by atomic mass is 35.5.